The molecule has 1 aromatic rings. The van der Waals surface area contributed by atoms with E-state index in [-0.39, 0.29) is 49.3 Å². The number of aliphatic carboxylic acids is 1. The number of imide groups is 2. The standard InChI is InChI=1S/C23H27N3O9/c27-17-9-8-15(21(31)25-17)26-22(32)14-5-4-6-16(20(14)23(26)33)35-13-18(28)24-10-12-34-11-3-1-2-7-19(29)30/h4-6,15H,1-3,7-13H2,(H,24,28)(H,29,30)(H,25,27,31). The molecule has 0 spiro atoms. The van der Waals surface area contributed by atoms with Crippen molar-refractivity contribution in [1.29, 1.82) is 0 Å². The highest BCUT2D eigenvalue weighted by molar-refractivity contribution is 6.24. The molecule has 2 aliphatic rings. The van der Waals surface area contributed by atoms with Crippen LogP contribution in [0.1, 0.15) is 59.2 Å². The normalized spacial score (nSPS) is 17.3. The molecule has 5 amide bonds. The highest BCUT2D eigenvalue weighted by Crippen LogP contribution is 2.33. The van der Waals surface area contributed by atoms with E-state index in [0.29, 0.717) is 13.0 Å². The number of carbonyl (C=O) groups is 6. The monoisotopic (exact) mass is 489 g/mol. The summed E-state index contributed by atoms with van der Waals surface area (Å²) in [5.74, 6) is -3.77. The zero-order valence-electron chi connectivity index (χ0n) is 19.0. The number of piperidine rings is 1. The number of nitrogens with one attached hydrogen (secondary N) is 2. The fraction of sp³-hybridized carbons (Fsp3) is 0.478. The molecule has 0 aromatic heterocycles. The van der Waals surface area contributed by atoms with Crippen molar-refractivity contribution in [3.05, 3.63) is 29.3 Å². The van der Waals surface area contributed by atoms with Crippen LogP contribution in [0.2, 0.25) is 0 Å². The predicted octanol–water partition coefficient (Wildman–Crippen LogP) is 0.244. The molecule has 188 valence electrons. The maximum absolute atomic E-state index is 13.0. The van der Waals surface area contributed by atoms with Crippen molar-refractivity contribution >= 4 is 35.5 Å². The van der Waals surface area contributed by atoms with Gasteiger partial charge in [-0.15, -0.1) is 0 Å². The van der Waals surface area contributed by atoms with Gasteiger partial charge in [-0.2, -0.15) is 0 Å². The van der Waals surface area contributed by atoms with Crippen LogP contribution in [0.4, 0.5) is 0 Å². The first kappa shape index (κ1) is 25.8. The Hall–Kier alpha value is -3.80. The lowest BCUT2D eigenvalue weighted by Gasteiger charge is -2.27. The SMILES string of the molecule is O=C(O)CCCCCOCCNC(=O)COc1cccc2c1C(=O)N(C1CCC(=O)NC1=O)C2=O. The third-order valence-corrected chi connectivity index (χ3v) is 5.54. The Morgan fingerprint density at radius 2 is 1.89 bits per heavy atom. The first-order chi connectivity index (χ1) is 16.8. The number of benzene rings is 1. The van der Waals surface area contributed by atoms with Crippen molar-refractivity contribution < 1.29 is 43.3 Å². The number of unbranched alkanes of at least 4 members (excludes halogenated alkanes) is 2. The van der Waals surface area contributed by atoms with Gasteiger partial charge in [0.1, 0.15) is 11.8 Å². The smallest absolute Gasteiger partial charge is 0.303 e. The molecule has 1 atom stereocenters. The van der Waals surface area contributed by atoms with Gasteiger partial charge in [0.15, 0.2) is 6.61 Å². The summed E-state index contributed by atoms with van der Waals surface area (Å²) in [7, 11) is 0. The molecule has 35 heavy (non-hydrogen) atoms. The highest BCUT2D eigenvalue weighted by Gasteiger charge is 2.46. The Kier molecular flexibility index (Phi) is 8.90. The molecular weight excluding hydrogens is 462 g/mol. The number of carboxylic acid groups (broad SMARTS) is 1. The third-order valence-electron chi connectivity index (χ3n) is 5.54. The lowest BCUT2D eigenvalue weighted by atomic mass is 10.0. The minimum Gasteiger partial charge on any atom is -0.483 e. The molecule has 0 radical (unpaired) electrons. The van der Waals surface area contributed by atoms with Crippen molar-refractivity contribution in [2.75, 3.05) is 26.4 Å². The minimum atomic E-state index is -1.09. The van der Waals surface area contributed by atoms with E-state index in [0.717, 1.165) is 17.7 Å². The fourth-order valence-electron chi connectivity index (χ4n) is 3.82. The molecule has 0 saturated carbocycles. The molecule has 2 aliphatic heterocycles. The van der Waals surface area contributed by atoms with E-state index in [2.05, 4.69) is 10.6 Å². The maximum atomic E-state index is 13.0. The zero-order valence-corrected chi connectivity index (χ0v) is 19.0. The van der Waals surface area contributed by atoms with E-state index in [9.17, 15) is 28.8 Å². The number of amides is 5. The summed E-state index contributed by atoms with van der Waals surface area (Å²) in [4.78, 5) is 72.7. The van der Waals surface area contributed by atoms with E-state index in [1.165, 1.54) is 18.2 Å². The van der Waals surface area contributed by atoms with E-state index in [1.54, 1.807) is 0 Å². The second-order valence-corrected chi connectivity index (χ2v) is 8.08. The molecule has 2 heterocycles. The largest absolute Gasteiger partial charge is 0.483 e. The third kappa shape index (κ3) is 6.63. The van der Waals surface area contributed by atoms with Crippen LogP contribution < -0.4 is 15.4 Å². The Balaban J connectivity index is 1.45. The van der Waals surface area contributed by atoms with Crippen LogP contribution in [-0.4, -0.2) is 77.9 Å². The Bertz CT molecular complexity index is 1020. The first-order valence-corrected chi connectivity index (χ1v) is 11.3. The van der Waals surface area contributed by atoms with Crippen molar-refractivity contribution in [3.63, 3.8) is 0 Å². The van der Waals surface area contributed by atoms with Crippen LogP contribution >= 0.6 is 0 Å². The van der Waals surface area contributed by atoms with Gasteiger partial charge >= 0.3 is 5.97 Å². The molecule has 12 nitrogen and oxygen atoms in total. The Morgan fingerprint density at radius 1 is 1.09 bits per heavy atom. The van der Waals surface area contributed by atoms with E-state index < -0.39 is 48.2 Å². The zero-order chi connectivity index (χ0) is 25.4. The molecule has 0 aliphatic carbocycles. The maximum Gasteiger partial charge on any atom is 0.303 e. The number of fused-ring (bicyclic) bond motifs is 1. The number of nitrogens with zero attached hydrogens (tertiary/aromatic N) is 1. The van der Waals surface area contributed by atoms with Gasteiger partial charge in [-0.05, 0) is 31.4 Å². The van der Waals surface area contributed by atoms with Crippen LogP contribution in [-0.2, 0) is 23.9 Å². The fourth-order valence-corrected chi connectivity index (χ4v) is 3.82. The summed E-state index contributed by atoms with van der Waals surface area (Å²) in [6.45, 7) is 0.581. The number of rotatable bonds is 13. The van der Waals surface area contributed by atoms with Crippen LogP contribution in [0, 0.1) is 0 Å². The van der Waals surface area contributed by atoms with Crippen LogP contribution in [0.5, 0.6) is 5.75 Å². The lowest BCUT2D eigenvalue weighted by molar-refractivity contribution is -0.138. The highest BCUT2D eigenvalue weighted by atomic mass is 16.5. The van der Waals surface area contributed by atoms with Gasteiger partial charge in [0.2, 0.25) is 11.8 Å². The molecule has 1 aromatic carbocycles. The number of hydrogen-bond acceptors (Lipinski definition) is 8. The number of hydrogen-bond donors (Lipinski definition) is 3. The average Bonchev–Trinajstić information content (AvgIpc) is 3.07. The van der Waals surface area contributed by atoms with Crippen molar-refractivity contribution in [1.82, 2.24) is 15.5 Å². The second-order valence-electron chi connectivity index (χ2n) is 8.08. The summed E-state index contributed by atoms with van der Waals surface area (Å²) in [5.41, 5.74) is 0.0376. The average molecular weight is 489 g/mol. The van der Waals surface area contributed by atoms with Gasteiger partial charge in [0, 0.05) is 26.0 Å². The molecule has 1 unspecified atom stereocenters. The van der Waals surface area contributed by atoms with Gasteiger partial charge in [-0.25, -0.2) is 0 Å². The summed E-state index contributed by atoms with van der Waals surface area (Å²) >= 11 is 0. The van der Waals surface area contributed by atoms with Crippen LogP contribution in [0.3, 0.4) is 0 Å². The second kappa shape index (κ2) is 12.1. The summed E-state index contributed by atoms with van der Waals surface area (Å²) in [6.07, 6.45) is 2.26. The summed E-state index contributed by atoms with van der Waals surface area (Å²) in [5, 5.41) is 13.3. The van der Waals surface area contributed by atoms with Crippen molar-refractivity contribution in [2.24, 2.45) is 0 Å². The number of carboxylic acids is 1. The molecule has 12 heteroatoms. The minimum absolute atomic E-state index is 0.0157. The molecular formula is C23H27N3O9. The Labute approximate surface area is 200 Å². The van der Waals surface area contributed by atoms with Gasteiger partial charge in [0.25, 0.3) is 17.7 Å². The molecule has 0 bridgehead atoms. The Morgan fingerprint density at radius 3 is 2.63 bits per heavy atom. The topological polar surface area (TPSA) is 168 Å². The summed E-state index contributed by atoms with van der Waals surface area (Å²) < 4.78 is 10.9. The quantitative estimate of drug-likeness (QED) is 0.260. The van der Waals surface area contributed by atoms with Crippen LogP contribution in [0.25, 0.3) is 0 Å². The molecule has 3 N–H and O–H groups in total. The molecule has 1 fully saturated rings. The van der Waals surface area contributed by atoms with E-state index in [1.807, 2.05) is 0 Å². The van der Waals surface area contributed by atoms with E-state index >= 15 is 0 Å². The number of carbonyl (C=O) groups excluding carboxylic acids is 5. The summed E-state index contributed by atoms with van der Waals surface area (Å²) in [6, 6.07) is 3.31. The van der Waals surface area contributed by atoms with Gasteiger partial charge in [-0.1, -0.05) is 12.5 Å². The number of ether oxygens (including phenoxy) is 2. The predicted molar refractivity (Wildman–Crippen MR) is 119 cm³/mol. The van der Waals surface area contributed by atoms with Gasteiger partial charge in [-0.3, -0.25) is 39.0 Å². The molecule has 3 rings (SSSR count). The van der Waals surface area contributed by atoms with Gasteiger partial charge < -0.3 is 19.9 Å². The lowest BCUT2D eigenvalue weighted by Crippen LogP contribution is -2.54. The van der Waals surface area contributed by atoms with E-state index in [4.69, 9.17) is 14.6 Å². The van der Waals surface area contributed by atoms with Gasteiger partial charge in [0.05, 0.1) is 17.7 Å². The van der Waals surface area contributed by atoms with Crippen molar-refractivity contribution in [3.8, 4) is 5.75 Å². The molecule has 1 saturated heterocycles. The first-order valence-electron chi connectivity index (χ1n) is 11.3. The van der Waals surface area contributed by atoms with Crippen LogP contribution in [0.15, 0.2) is 18.2 Å². The van der Waals surface area contributed by atoms with Crippen molar-refractivity contribution in [2.45, 2.75) is 44.6 Å².